The summed E-state index contributed by atoms with van der Waals surface area (Å²) in [5, 5.41) is 16.4. The Morgan fingerprint density at radius 3 is 2.50 bits per heavy atom. The third-order valence-corrected chi connectivity index (χ3v) is 6.00. The van der Waals surface area contributed by atoms with Gasteiger partial charge in [0.25, 0.3) is 5.69 Å². The van der Waals surface area contributed by atoms with E-state index in [4.69, 9.17) is 5.14 Å². The van der Waals surface area contributed by atoms with Crippen LogP contribution in [0.3, 0.4) is 0 Å². The first-order valence-electron chi connectivity index (χ1n) is 9.09. The first-order chi connectivity index (χ1) is 13.2. The molecule has 2 N–H and O–H groups in total. The smallest absolute Gasteiger partial charge is 0.272 e. The summed E-state index contributed by atoms with van der Waals surface area (Å²) < 4.78 is 23.5. The first-order valence-corrected chi connectivity index (χ1v) is 10.6. The minimum atomic E-state index is -4.03. The van der Waals surface area contributed by atoms with Crippen LogP contribution in [0.1, 0.15) is 18.9 Å². The van der Waals surface area contributed by atoms with Crippen LogP contribution in [0.4, 0.5) is 11.4 Å². The molecular weight excluding hydrogens is 380 g/mol. The van der Waals surface area contributed by atoms with Crippen molar-refractivity contribution in [3.05, 3.63) is 64.2 Å². The van der Waals surface area contributed by atoms with E-state index in [0.717, 1.165) is 25.6 Å². The molecule has 0 aliphatic carbocycles. The average Bonchev–Trinajstić information content (AvgIpc) is 2.84. The molecule has 1 fully saturated rings. The normalized spacial score (nSPS) is 18.6. The SMILES string of the molecule is CC1CCN(c2cc([N+](=O)[O-])cc(S(N)(=O)=O)c2)CCN1Cc1ccccc1. The van der Waals surface area contributed by atoms with Crippen molar-refractivity contribution in [2.75, 3.05) is 24.5 Å². The van der Waals surface area contributed by atoms with Gasteiger partial charge in [-0.05, 0) is 25.0 Å². The summed E-state index contributed by atoms with van der Waals surface area (Å²) in [6.07, 6.45) is 0.861. The summed E-state index contributed by atoms with van der Waals surface area (Å²) in [5.41, 5.74) is 1.46. The Labute approximate surface area is 164 Å². The van der Waals surface area contributed by atoms with Gasteiger partial charge >= 0.3 is 0 Å². The largest absolute Gasteiger partial charge is 0.370 e. The van der Waals surface area contributed by atoms with Crippen LogP contribution in [0.15, 0.2) is 53.4 Å². The zero-order valence-electron chi connectivity index (χ0n) is 15.7. The van der Waals surface area contributed by atoms with Gasteiger partial charge in [-0.2, -0.15) is 0 Å². The number of benzene rings is 2. The molecule has 0 saturated carbocycles. The molecule has 3 rings (SSSR count). The summed E-state index contributed by atoms with van der Waals surface area (Å²) in [6.45, 7) is 5.08. The van der Waals surface area contributed by atoms with Crippen molar-refractivity contribution in [2.45, 2.75) is 30.8 Å². The van der Waals surface area contributed by atoms with Gasteiger partial charge in [-0.15, -0.1) is 0 Å². The Hall–Kier alpha value is -2.49. The number of non-ortho nitro benzene ring substituents is 1. The lowest BCUT2D eigenvalue weighted by Crippen LogP contribution is -2.34. The van der Waals surface area contributed by atoms with Crippen molar-refractivity contribution in [1.82, 2.24) is 4.90 Å². The van der Waals surface area contributed by atoms with Crippen molar-refractivity contribution in [3.63, 3.8) is 0 Å². The lowest BCUT2D eigenvalue weighted by molar-refractivity contribution is -0.385. The van der Waals surface area contributed by atoms with Crippen LogP contribution < -0.4 is 10.0 Å². The Balaban J connectivity index is 1.83. The van der Waals surface area contributed by atoms with E-state index in [1.165, 1.54) is 17.7 Å². The monoisotopic (exact) mass is 404 g/mol. The molecule has 1 aliphatic rings. The maximum absolute atomic E-state index is 11.7. The Morgan fingerprint density at radius 2 is 1.86 bits per heavy atom. The van der Waals surface area contributed by atoms with E-state index < -0.39 is 14.9 Å². The standard InChI is InChI=1S/C19H24N4O4S/c1-15-7-8-21(9-10-22(15)14-16-5-3-2-4-6-16)17-11-18(23(24)25)13-19(12-17)28(20,26)27/h2-6,11-13,15H,7-10,14H2,1H3,(H2,20,26,27). The second-order valence-electron chi connectivity index (χ2n) is 7.07. The molecule has 1 saturated heterocycles. The lowest BCUT2D eigenvalue weighted by Gasteiger charge is -2.26. The highest BCUT2D eigenvalue weighted by Crippen LogP contribution is 2.28. The highest BCUT2D eigenvalue weighted by molar-refractivity contribution is 7.89. The predicted molar refractivity (Wildman–Crippen MR) is 108 cm³/mol. The number of hydrogen-bond acceptors (Lipinski definition) is 6. The quantitative estimate of drug-likeness (QED) is 0.605. The number of hydrogen-bond donors (Lipinski definition) is 1. The lowest BCUT2D eigenvalue weighted by atomic mass is 10.1. The number of nitrogens with zero attached hydrogens (tertiary/aromatic N) is 3. The Kier molecular flexibility index (Phi) is 5.97. The van der Waals surface area contributed by atoms with E-state index in [1.807, 2.05) is 23.1 Å². The van der Waals surface area contributed by atoms with Crippen LogP contribution >= 0.6 is 0 Å². The van der Waals surface area contributed by atoms with Crippen molar-refractivity contribution >= 4 is 21.4 Å². The van der Waals surface area contributed by atoms with Gasteiger partial charge < -0.3 is 4.90 Å². The molecule has 0 bridgehead atoms. The van der Waals surface area contributed by atoms with E-state index in [0.29, 0.717) is 24.8 Å². The zero-order chi connectivity index (χ0) is 20.3. The summed E-state index contributed by atoms with van der Waals surface area (Å²) in [7, 11) is -4.03. The third-order valence-electron chi connectivity index (χ3n) is 5.11. The maximum atomic E-state index is 11.7. The fraction of sp³-hybridized carbons (Fsp3) is 0.368. The summed E-state index contributed by atoms with van der Waals surface area (Å²) in [4.78, 5) is 14.8. The Morgan fingerprint density at radius 1 is 1.14 bits per heavy atom. The number of anilines is 1. The van der Waals surface area contributed by atoms with Crippen LogP contribution in [0.5, 0.6) is 0 Å². The number of rotatable bonds is 5. The van der Waals surface area contributed by atoms with Gasteiger partial charge in [-0.3, -0.25) is 15.0 Å². The topological polar surface area (TPSA) is 110 Å². The van der Waals surface area contributed by atoms with Crippen LogP contribution in [0.25, 0.3) is 0 Å². The Bertz CT molecular complexity index is 950. The molecule has 2 aromatic rings. The zero-order valence-corrected chi connectivity index (χ0v) is 16.5. The van der Waals surface area contributed by atoms with Crippen molar-refractivity contribution in [2.24, 2.45) is 5.14 Å². The molecule has 1 aliphatic heterocycles. The van der Waals surface area contributed by atoms with Crippen LogP contribution in [0, 0.1) is 10.1 Å². The van der Waals surface area contributed by atoms with Crippen LogP contribution in [-0.4, -0.2) is 43.9 Å². The molecule has 1 atom stereocenters. The van der Waals surface area contributed by atoms with Crippen molar-refractivity contribution in [1.29, 1.82) is 0 Å². The van der Waals surface area contributed by atoms with E-state index in [2.05, 4.69) is 24.0 Å². The van der Waals surface area contributed by atoms with Crippen LogP contribution in [-0.2, 0) is 16.6 Å². The summed E-state index contributed by atoms with van der Waals surface area (Å²) in [6, 6.07) is 14.4. The van der Waals surface area contributed by atoms with Crippen molar-refractivity contribution in [3.8, 4) is 0 Å². The summed E-state index contributed by atoms with van der Waals surface area (Å²) >= 11 is 0. The molecule has 0 radical (unpaired) electrons. The van der Waals surface area contributed by atoms with Crippen LogP contribution in [0.2, 0.25) is 0 Å². The molecule has 150 valence electrons. The number of primary sulfonamides is 1. The fourth-order valence-corrected chi connectivity index (χ4v) is 4.01. The second kappa shape index (κ2) is 8.26. The minimum Gasteiger partial charge on any atom is -0.370 e. The maximum Gasteiger partial charge on any atom is 0.272 e. The molecule has 1 heterocycles. The first kappa shape index (κ1) is 20.2. The number of nitrogens with two attached hydrogens (primary N) is 1. The predicted octanol–water partition coefficient (Wildman–Crippen LogP) is 2.34. The van der Waals surface area contributed by atoms with E-state index in [9.17, 15) is 18.5 Å². The average molecular weight is 404 g/mol. The molecule has 1 unspecified atom stereocenters. The van der Waals surface area contributed by atoms with Gasteiger partial charge in [0.15, 0.2) is 0 Å². The van der Waals surface area contributed by atoms with Gasteiger partial charge in [0.1, 0.15) is 0 Å². The highest BCUT2D eigenvalue weighted by Gasteiger charge is 2.24. The van der Waals surface area contributed by atoms with E-state index in [-0.39, 0.29) is 10.6 Å². The number of nitro benzene ring substituents is 1. The molecular formula is C19H24N4O4S. The summed E-state index contributed by atoms with van der Waals surface area (Å²) in [5.74, 6) is 0. The van der Waals surface area contributed by atoms with Gasteiger partial charge in [0.05, 0.1) is 9.82 Å². The minimum absolute atomic E-state index is 0.241. The molecule has 0 spiro atoms. The van der Waals surface area contributed by atoms with Gasteiger partial charge in [0.2, 0.25) is 10.0 Å². The molecule has 0 amide bonds. The molecule has 28 heavy (non-hydrogen) atoms. The van der Waals surface area contributed by atoms with Gasteiger partial charge in [-0.25, -0.2) is 13.6 Å². The molecule has 8 nitrogen and oxygen atoms in total. The third kappa shape index (κ3) is 4.86. The van der Waals surface area contributed by atoms with E-state index >= 15 is 0 Å². The van der Waals surface area contributed by atoms with Crippen molar-refractivity contribution < 1.29 is 13.3 Å². The van der Waals surface area contributed by atoms with Gasteiger partial charge in [0, 0.05) is 50.0 Å². The fourth-order valence-electron chi connectivity index (χ4n) is 3.44. The molecule has 0 aromatic heterocycles. The molecule has 9 heteroatoms. The highest BCUT2D eigenvalue weighted by atomic mass is 32.2. The second-order valence-corrected chi connectivity index (χ2v) is 8.63. The molecule has 2 aromatic carbocycles. The number of nitro groups is 1. The van der Waals surface area contributed by atoms with Gasteiger partial charge in [-0.1, -0.05) is 30.3 Å². The van der Waals surface area contributed by atoms with E-state index in [1.54, 1.807) is 0 Å². The number of sulfonamides is 1.